The lowest BCUT2D eigenvalue weighted by Crippen LogP contribution is -2.35. The third-order valence-electron chi connectivity index (χ3n) is 4.45. The number of carbonyl (C=O) groups is 2. The van der Waals surface area contributed by atoms with Crippen LogP contribution in [-0.4, -0.2) is 35.0 Å². The maximum atomic E-state index is 13.3. The molecule has 0 unspecified atom stereocenters. The number of nitrogens with one attached hydrogen (secondary N) is 2. The molecule has 1 aliphatic rings. The Balaban J connectivity index is 1.58. The van der Waals surface area contributed by atoms with Crippen LogP contribution >= 0.6 is 0 Å². The van der Waals surface area contributed by atoms with Gasteiger partial charge in [0.2, 0.25) is 0 Å². The molecule has 2 amide bonds. The molecular formula is C19H16FN5O4S. The van der Waals surface area contributed by atoms with Crippen molar-refractivity contribution in [2.24, 2.45) is 0 Å². The molecule has 0 saturated heterocycles. The number of pyridine rings is 1. The van der Waals surface area contributed by atoms with Crippen LogP contribution in [0, 0.1) is 5.82 Å². The third kappa shape index (κ3) is 4.06. The van der Waals surface area contributed by atoms with Crippen LogP contribution in [0.2, 0.25) is 0 Å². The Morgan fingerprint density at radius 1 is 1.07 bits per heavy atom. The number of rotatable bonds is 4. The molecule has 3 heterocycles. The summed E-state index contributed by atoms with van der Waals surface area (Å²) < 4.78 is 38.5. The van der Waals surface area contributed by atoms with E-state index >= 15 is 0 Å². The number of aromatic nitrogens is 3. The molecular weight excluding hydrogens is 413 g/mol. The highest BCUT2D eigenvalue weighted by atomic mass is 32.2. The first-order chi connectivity index (χ1) is 14.3. The molecule has 3 aromatic rings. The fraction of sp³-hybridized carbons (Fsp3) is 0.158. The van der Waals surface area contributed by atoms with Gasteiger partial charge < -0.3 is 10.6 Å². The van der Waals surface area contributed by atoms with Crippen LogP contribution in [0.25, 0.3) is 5.69 Å². The van der Waals surface area contributed by atoms with Gasteiger partial charge in [-0.15, -0.1) is 0 Å². The number of sulfone groups is 1. The largest absolute Gasteiger partial charge is 0.342 e. The van der Waals surface area contributed by atoms with Gasteiger partial charge in [0.1, 0.15) is 11.6 Å². The van der Waals surface area contributed by atoms with Crippen LogP contribution in [0.5, 0.6) is 0 Å². The Hall–Kier alpha value is -3.60. The first kappa shape index (κ1) is 19.7. The smallest absolute Gasteiger partial charge is 0.314 e. The first-order valence-corrected chi connectivity index (χ1v) is 10.7. The Labute approximate surface area is 170 Å². The van der Waals surface area contributed by atoms with E-state index in [1.54, 1.807) is 24.4 Å². The van der Waals surface area contributed by atoms with Crippen LogP contribution in [0.3, 0.4) is 0 Å². The van der Waals surface area contributed by atoms with Gasteiger partial charge >= 0.3 is 11.8 Å². The molecule has 0 spiro atoms. The monoisotopic (exact) mass is 429 g/mol. The van der Waals surface area contributed by atoms with E-state index in [2.05, 4.69) is 20.7 Å². The maximum Gasteiger partial charge on any atom is 0.314 e. The summed E-state index contributed by atoms with van der Waals surface area (Å²) >= 11 is 0. The zero-order chi connectivity index (χ0) is 21.3. The van der Waals surface area contributed by atoms with Crippen molar-refractivity contribution in [3.63, 3.8) is 0 Å². The predicted octanol–water partition coefficient (Wildman–Crippen LogP) is 1.09. The summed E-state index contributed by atoms with van der Waals surface area (Å²) in [6.45, 7) is 0.0524. The Morgan fingerprint density at radius 3 is 2.53 bits per heavy atom. The SMILES string of the molecule is O=C(NCc1ccccn1)C(=O)Nc1c2c(nn1-c1ccc(F)cc1)CS(=O)(=O)C2. The van der Waals surface area contributed by atoms with E-state index < -0.39 is 27.5 Å². The Kier molecular flexibility index (Phi) is 5.04. The molecule has 2 aromatic heterocycles. The van der Waals surface area contributed by atoms with Crippen molar-refractivity contribution in [1.29, 1.82) is 0 Å². The molecule has 0 radical (unpaired) electrons. The topological polar surface area (TPSA) is 123 Å². The van der Waals surface area contributed by atoms with E-state index in [1.165, 1.54) is 28.9 Å². The molecule has 2 N–H and O–H groups in total. The standard InChI is InChI=1S/C19H16FN5O4S/c20-12-4-6-14(7-5-12)25-17(15-10-30(28,29)11-16(15)24-25)23-19(27)18(26)22-9-13-3-1-2-8-21-13/h1-8H,9-11H2,(H,22,26)(H,23,27). The highest BCUT2D eigenvalue weighted by molar-refractivity contribution is 7.90. The summed E-state index contributed by atoms with van der Waals surface area (Å²) in [5, 5.41) is 9.15. The van der Waals surface area contributed by atoms with E-state index in [4.69, 9.17) is 0 Å². The molecule has 4 rings (SSSR count). The fourth-order valence-corrected chi connectivity index (χ4v) is 4.55. The number of anilines is 1. The van der Waals surface area contributed by atoms with Gasteiger partial charge in [-0.05, 0) is 36.4 Å². The first-order valence-electron chi connectivity index (χ1n) is 8.88. The van der Waals surface area contributed by atoms with Gasteiger partial charge in [0.05, 0.1) is 35.1 Å². The van der Waals surface area contributed by atoms with Crippen molar-refractivity contribution in [2.45, 2.75) is 18.1 Å². The third-order valence-corrected chi connectivity index (χ3v) is 5.89. The second kappa shape index (κ2) is 7.67. The molecule has 0 fully saturated rings. The van der Waals surface area contributed by atoms with Crippen molar-refractivity contribution in [1.82, 2.24) is 20.1 Å². The maximum absolute atomic E-state index is 13.3. The number of benzene rings is 1. The molecule has 0 saturated carbocycles. The fourth-order valence-electron chi connectivity index (χ4n) is 3.06. The average molecular weight is 429 g/mol. The molecule has 0 atom stereocenters. The molecule has 9 nitrogen and oxygen atoms in total. The highest BCUT2D eigenvalue weighted by Gasteiger charge is 2.33. The van der Waals surface area contributed by atoms with E-state index in [9.17, 15) is 22.4 Å². The van der Waals surface area contributed by atoms with E-state index in [-0.39, 0.29) is 29.6 Å². The Bertz CT molecular complexity index is 1220. The van der Waals surface area contributed by atoms with E-state index in [0.29, 0.717) is 16.9 Å². The van der Waals surface area contributed by atoms with Gasteiger partial charge in [-0.25, -0.2) is 17.5 Å². The lowest BCUT2D eigenvalue weighted by Gasteiger charge is -2.11. The van der Waals surface area contributed by atoms with Gasteiger partial charge in [0.25, 0.3) is 0 Å². The molecule has 0 bridgehead atoms. The minimum absolute atomic E-state index is 0.0524. The van der Waals surface area contributed by atoms with Gasteiger partial charge in [0.15, 0.2) is 9.84 Å². The van der Waals surface area contributed by atoms with E-state index in [1.807, 2.05) is 0 Å². The van der Waals surface area contributed by atoms with Crippen LogP contribution in [0.4, 0.5) is 10.2 Å². The number of hydrogen-bond acceptors (Lipinski definition) is 6. The normalized spacial score (nSPS) is 14.2. The van der Waals surface area contributed by atoms with E-state index in [0.717, 1.165) is 0 Å². The molecule has 1 aliphatic heterocycles. The number of fused-ring (bicyclic) bond motifs is 1. The molecule has 1 aromatic carbocycles. The molecule has 154 valence electrons. The zero-order valence-corrected chi connectivity index (χ0v) is 16.3. The molecule has 11 heteroatoms. The summed E-state index contributed by atoms with van der Waals surface area (Å²) in [7, 11) is -3.39. The number of halogens is 1. The Morgan fingerprint density at radius 2 is 1.83 bits per heavy atom. The van der Waals surface area contributed by atoms with Gasteiger partial charge in [-0.1, -0.05) is 6.07 Å². The summed E-state index contributed by atoms with van der Waals surface area (Å²) in [5.74, 6) is -2.88. The summed E-state index contributed by atoms with van der Waals surface area (Å²) in [4.78, 5) is 28.7. The summed E-state index contributed by atoms with van der Waals surface area (Å²) in [6.07, 6.45) is 1.56. The lowest BCUT2D eigenvalue weighted by molar-refractivity contribution is -0.136. The van der Waals surface area contributed by atoms with Crippen LogP contribution < -0.4 is 10.6 Å². The van der Waals surface area contributed by atoms with Crippen molar-refractivity contribution < 1.29 is 22.4 Å². The molecule has 30 heavy (non-hydrogen) atoms. The van der Waals surface area contributed by atoms with Crippen molar-refractivity contribution >= 4 is 27.5 Å². The van der Waals surface area contributed by atoms with Gasteiger partial charge in [0, 0.05) is 11.8 Å². The summed E-state index contributed by atoms with van der Waals surface area (Å²) in [5.41, 5.74) is 1.57. The number of hydrogen-bond donors (Lipinski definition) is 2. The van der Waals surface area contributed by atoms with Crippen molar-refractivity contribution in [2.75, 3.05) is 5.32 Å². The summed E-state index contributed by atoms with van der Waals surface area (Å²) in [6, 6.07) is 10.5. The minimum atomic E-state index is -3.39. The number of nitrogens with zero attached hydrogens (tertiary/aromatic N) is 3. The molecule has 0 aliphatic carbocycles. The predicted molar refractivity (Wildman–Crippen MR) is 105 cm³/mol. The number of carbonyl (C=O) groups excluding carboxylic acids is 2. The van der Waals surface area contributed by atoms with Crippen LogP contribution in [-0.2, 0) is 37.5 Å². The zero-order valence-electron chi connectivity index (χ0n) is 15.5. The second-order valence-corrected chi connectivity index (χ2v) is 8.72. The highest BCUT2D eigenvalue weighted by Crippen LogP contribution is 2.32. The average Bonchev–Trinajstić information content (AvgIpc) is 3.20. The second-order valence-electron chi connectivity index (χ2n) is 6.65. The van der Waals surface area contributed by atoms with Crippen LogP contribution in [0.15, 0.2) is 48.7 Å². The van der Waals surface area contributed by atoms with Crippen molar-refractivity contribution in [3.8, 4) is 5.69 Å². The lowest BCUT2D eigenvalue weighted by atomic mass is 10.2. The minimum Gasteiger partial charge on any atom is -0.342 e. The van der Waals surface area contributed by atoms with Gasteiger partial charge in [-0.2, -0.15) is 5.10 Å². The van der Waals surface area contributed by atoms with Crippen molar-refractivity contribution in [3.05, 3.63) is 71.4 Å². The number of amides is 2. The quantitative estimate of drug-likeness (QED) is 0.599. The van der Waals surface area contributed by atoms with Gasteiger partial charge in [-0.3, -0.25) is 14.6 Å². The van der Waals surface area contributed by atoms with Crippen LogP contribution in [0.1, 0.15) is 17.0 Å².